The smallest absolute Gasteiger partial charge is 0.219 e. The molecule has 0 bridgehead atoms. The van der Waals surface area contributed by atoms with Gasteiger partial charge < -0.3 is 14.5 Å². The fraction of sp³-hybridized carbons (Fsp3) is 0.625. The third kappa shape index (κ3) is 4.27. The van der Waals surface area contributed by atoms with E-state index in [0.29, 0.717) is 19.1 Å². The largest absolute Gasteiger partial charge is 0.485 e. The summed E-state index contributed by atoms with van der Waals surface area (Å²) in [4.78, 5) is 16.8. The molecule has 1 heterocycles. The molecule has 3 aliphatic rings. The van der Waals surface area contributed by atoms with E-state index in [9.17, 15) is 4.79 Å². The van der Waals surface area contributed by atoms with Gasteiger partial charge in [0, 0.05) is 31.6 Å². The van der Waals surface area contributed by atoms with E-state index >= 15 is 0 Å². The molecule has 4 heteroatoms. The predicted molar refractivity (Wildman–Crippen MR) is 112 cm³/mol. The summed E-state index contributed by atoms with van der Waals surface area (Å²) in [6.07, 6.45) is 12.8. The highest BCUT2D eigenvalue weighted by molar-refractivity contribution is 5.73. The highest BCUT2D eigenvalue weighted by atomic mass is 16.5. The Morgan fingerprint density at radius 2 is 2.00 bits per heavy atom. The molecule has 1 fully saturated rings. The summed E-state index contributed by atoms with van der Waals surface area (Å²) in [7, 11) is 2.30. The zero-order chi connectivity index (χ0) is 19.6. The van der Waals surface area contributed by atoms with Crippen LogP contribution in [0.25, 0.3) is 0 Å². The lowest BCUT2D eigenvalue weighted by molar-refractivity contribution is -0.132. The Labute approximate surface area is 169 Å². The van der Waals surface area contributed by atoms with Gasteiger partial charge in [-0.2, -0.15) is 0 Å². The van der Waals surface area contributed by atoms with Gasteiger partial charge in [-0.05, 0) is 64.0 Å². The van der Waals surface area contributed by atoms with E-state index in [1.807, 2.05) is 17.0 Å². The van der Waals surface area contributed by atoms with Crippen molar-refractivity contribution >= 4 is 5.91 Å². The molecule has 1 spiro atoms. The maximum absolute atomic E-state index is 12.2. The number of rotatable bonds is 3. The molecule has 1 amide bonds. The van der Waals surface area contributed by atoms with E-state index in [-0.39, 0.29) is 11.5 Å². The first-order valence-corrected chi connectivity index (χ1v) is 10.9. The van der Waals surface area contributed by atoms with Crippen LogP contribution < -0.4 is 4.74 Å². The number of nitrogens with zero attached hydrogens (tertiary/aromatic N) is 2. The van der Waals surface area contributed by atoms with Gasteiger partial charge in [-0.15, -0.1) is 0 Å². The van der Waals surface area contributed by atoms with Gasteiger partial charge in [0.15, 0.2) is 0 Å². The number of carbonyl (C=O) groups excluding carboxylic acids is 1. The van der Waals surface area contributed by atoms with Crippen LogP contribution in [-0.4, -0.2) is 47.5 Å². The highest BCUT2D eigenvalue weighted by Gasteiger charge is 2.42. The topological polar surface area (TPSA) is 32.8 Å². The number of fused-ring (bicyclic) bond motifs is 1. The Balaban J connectivity index is 1.43. The number of ether oxygens (including phenoxy) is 1. The summed E-state index contributed by atoms with van der Waals surface area (Å²) < 4.78 is 6.62. The molecule has 2 aliphatic carbocycles. The minimum atomic E-state index is -0.233. The third-order valence-electron chi connectivity index (χ3n) is 7.00. The predicted octanol–water partition coefficient (Wildman–Crippen LogP) is 4.40. The fourth-order valence-corrected chi connectivity index (χ4v) is 5.24. The van der Waals surface area contributed by atoms with Crippen LogP contribution in [0.3, 0.4) is 0 Å². The molecule has 4 rings (SSSR count). The Bertz CT molecular complexity index is 721. The van der Waals surface area contributed by atoms with Crippen LogP contribution in [0.2, 0.25) is 0 Å². The summed E-state index contributed by atoms with van der Waals surface area (Å²) >= 11 is 0. The van der Waals surface area contributed by atoms with Crippen molar-refractivity contribution in [3.8, 4) is 5.75 Å². The summed E-state index contributed by atoms with van der Waals surface area (Å²) in [6, 6.07) is 8.85. The van der Waals surface area contributed by atoms with Crippen molar-refractivity contribution in [1.29, 1.82) is 0 Å². The number of allylic oxidation sites excluding steroid dienone is 2. The molecule has 152 valence electrons. The first-order chi connectivity index (χ1) is 13.5. The van der Waals surface area contributed by atoms with Gasteiger partial charge >= 0.3 is 0 Å². The van der Waals surface area contributed by atoms with Crippen LogP contribution in [-0.2, 0) is 11.3 Å². The molecule has 4 nitrogen and oxygen atoms in total. The standard InChI is InChI=1S/C24H34N2O2/c1-19(27)26-17-21-10-6-7-11-23(21)28-24(18-26)14-12-22(13-15-24)25(2)16-20-8-4-3-5-9-20/h3-4,6-7,10-11,20,22H,5,8-9,12-18H2,1-2H3/t20-,22?,24?/m1/s1. The lowest BCUT2D eigenvalue weighted by Crippen LogP contribution is -2.52. The fourth-order valence-electron chi connectivity index (χ4n) is 5.24. The summed E-state index contributed by atoms with van der Waals surface area (Å²) in [5.74, 6) is 1.91. The van der Waals surface area contributed by atoms with E-state index < -0.39 is 0 Å². The quantitative estimate of drug-likeness (QED) is 0.727. The van der Waals surface area contributed by atoms with Gasteiger partial charge in [-0.1, -0.05) is 30.4 Å². The Morgan fingerprint density at radius 1 is 1.21 bits per heavy atom. The van der Waals surface area contributed by atoms with Crippen molar-refractivity contribution in [2.24, 2.45) is 5.92 Å². The molecule has 0 unspecified atom stereocenters. The Hall–Kier alpha value is -1.81. The maximum atomic E-state index is 12.2. The molecule has 1 aromatic carbocycles. The maximum Gasteiger partial charge on any atom is 0.219 e. The zero-order valence-corrected chi connectivity index (χ0v) is 17.4. The third-order valence-corrected chi connectivity index (χ3v) is 7.00. The average molecular weight is 383 g/mol. The van der Waals surface area contributed by atoms with Crippen molar-refractivity contribution in [2.75, 3.05) is 20.1 Å². The molecule has 0 aromatic heterocycles. The van der Waals surface area contributed by atoms with E-state index in [0.717, 1.165) is 42.9 Å². The van der Waals surface area contributed by atoms with E-state index in [1.54, 1.807) is 6.92 Å². The zero-order valence-electron chi connectivity index (χ0n) is 17.4. The van der Waals surface area contributed by atoms with E-state index in [1.165, 1.54) is 25.8 Å². The summed E-state index contributed by atoms with van der Waals surface area (Å²) in [5, 5.41) is 0. The minimum absolute atomic E-state index is 0.143. The molecule has 1 saturated carbocycles. The van der Waals surface area contributed by atoms with Crippen LogP contribution >= 0.6 is 0 Å². The summed E-state index contributed by atoms with van der Waals surface area (Å²) in [5.41, 5.74) is 0.891. The second-order valence-corrected chi connectivity index (χ2v) is 9.09. The molecular weight excluding hydrogens is 348 g/mol. The number of carbonyl (C=O) groups is 1. The Morgan fingerprint density at radius 3 is 2.71 bits per heavy atom. The van der Waals surface area contributed by atoms with Gasteiger partial charge in [0.2, 0.25) is 5.91 Å². The van der Waals surface area contributed by atoms with Crippen molar-refractivity contribution < 1.29 is 9.53 Å². The van der Waals surface area contributed by atoms with Gasteiger partial charge in [0.1, 0.15) is 11.4 Å². The lowest BCUT2D eigenvalue weighted by atomic mass is 9.80. The number of hydrogen-bond acceptors (Lipinski definition) is 3. The molecule has 1 atom stereocenters. The van der Waals surface area contributed by atoms with Gasteiger partial charge in [0.05, 0.1) is 6.54 Å². The molecular formula is C24H34N2O2. The average Bonchev–Trinajstić information content (AvgIpc) is 2.86. The molecule has 0 saturated heterocycles. The van der Waals surface area contributed by atoms with Crippen molar-refractivity contribution in [3.05, 3.63) is 42.0 Å². The van der Waals surface area contributed by atoms with Gasteiger partial charge in [0.25, 0.3) is 0 Å². The van der Waals surface area contributed by atoms with Gasteiger partial charge in [-0.25, -0.2) is 0 Å². The van der Waals surface area contributed by atoms with Gasteiger partial charge in [-0.3, -0.25) is 4.79 Å². The minimum Gasteiger partial charge on any atom is -0.485 e. The summed E-state index contributed by atoms with van der Waals surface area (Å²) in [6.45, 7) is 4.25. The van der Waals surface area contributed by atoms with Crippen LogP contribution in [0.15, 0.2) is 36.4 Å². The molecule has 0 radical (unpaired) electrons. The SMILES string of the molecule is CC(=O)N1Cc2ccccc2OC2(CCC(N(C)C[C@@H]3CC=CCC3)CC2)C1. The molecule has 28 heavy (non-hydrogen) atoms. The van der Waals surface area contributed by atoms with E-state index in [4.69, 9.17) is 4.74 Å². The molecule has 1 aromatic rings. The lowest BCUT2D eigenvalue weighted by Gasteiger charge is -2.44. The van der Waals surface area contributed by atoms with Crippen LogP contribution in [0, 0.1) is 5.92 Å². The highest BCUT2D eigenvalue weighted by Crippen LogP contribution is 2.39. The van der Waals surface area contributed by atoms with Crippen molar-refractivity contribution in [1.82, 2.24) is 9.80 Å². The first kappa shape index (κ1) is 19.5. The molecule has 0 N–H and O–H groups in total. The van der Waals surface area contributed by atoms with E-state index in [2.05, 4.69) is 36.2 Å². The van der Waals surface area contributed by atoms with Crippen LogP contribution in [0.4, 0.5) is 0 Å². The second-order valence-electron chi connectivity index (χ2n) is 9.09. The second kappa shape index (κ2) is 8.28. The number of amides is 1. The normalized spacial score (nSPS) is 30.0. The number of hydrogen-bond donors (Lipinski definition) is 0. The monoisotopic (exact) mass is 382 g/mol. The molecule has 1 aliphatic heterocycles. The number of para-hydroxylation sites is 1. The Kier molecular flexibility index (Phi) is 5.77. The van der Waals surface area contributed by atoms with Crippen molar-refractivity contribution in [2.45, 2.75) is 70.1 Å². The first-order valence-electron chi connectivity index (χ1n) is 10.9. The van der Waals surface area contributed by atoms with Crippen LogP contribution in [0.5, 0.6) is 5.75 Å². The number of benzene rings is 1. The van der Waals surface area contributed by atoms with Crippen LogP contribution in [0.1, 0.15) is 57.4 Å². The van der Waals surface area contributed by atoms with Crippen molar-refractivity contribution in [3.63, 3.8) is 0 Å².